The van der Waals surface area contributed by atoms with Gasteiger partial charge in [0.1, 0.15) is 17.1 Å². The third kappa shape index (κ3) is 5.62. The van der Waals surface area contributed by atoms with Crippen LogP contribution in [-0.4, -0.2) is 54.7 Å². The van der Waals surface area contributed by atoms with E-state index in [9.17, 15) is 9.90 Å². The first kappa shape index (κ1) is 23.9. The largest absolute Gasteiger partial charge is 0.506 e. The summed E-state index contributed by atoms with van der Waals surface area (Å²) in [4.78, 5) is 15.3. The van der Waals surface area contributed by atoms with Gasteiger partial charge in [0.05, 0.1) is 24.8 Å². The van der Waals surface area contributed by atoms with Crippen molar-refractivity contribution >= 4 is 17.9 Å². The van der Waals surface area contributed by atoms with Gasteiger partial charge in [0, 0.05) is 6.54 Å². The monoisotopic (exact) mass is 463 g/mol. The van der Waals surface area contributed by atoms with Gasteiger partial charge in [-0.3, -0.25) is 4.79 Å². The summed E-state index contributed by atoms with van der Waals surface area (Å²) in [6.45, 7) is 7.94. The molecule has 4 rings (SSSR count). The summed E-state index contributed by atoms with van der Waals surface area (Å²) in [6, 6.07) is 8.90. The van der Waals surface area contributed by atoms with Crippen LogP contribution in [0.3, 0.4) is 0 Å². The normalized spacial score (nSPS) is 16.9. The zero-order chi connectivity index (χ0) is 24.1. The molecule has 1 fully saturated rings. The average molecular weight is 464 g/mol. The maximum atomic E-state index is 12.8. The van der Waals surface area contributed by atoms with E-state index in [0.29, 0.717) is 29.4 Å². The lowest BCUT2D eigenvalue weighted by Gasteiger charge is -2.28. The van der Waals surface area contributed by atoms with Crippen LogP contribution in [0.2, 0.25) is 0 Å². The molecule has 0 unspecified atom stereocenters. The molecule has 0 saturated carbocycles. The average Bonchev–Trinajstić information content (AvgIpc) is 3.34. The van der Waals surface area contributed by atoms with Crippen molar-refractivity contribution in [1.82, 2.24) is 4.90 Å². The maximum absolute atomic E-state index is 12.8. The summed E-state index contributed by atoms with van der Waals surface area (Å²) in [5.74, 6) is 1.51. The Morgan fingerprint density at radius 1 is 1.18 bits per heavy atom. The standard InChI is InChI=1S/C28H33NO5/c1-28(2)14-13-22-24(34-28)12-9-21(27(22)31)23(30)10-7-20-8-11-25(26(19-20)32-3)33-18-6-17-29-15-4-5-16-29/h7-14,19,31H,4-6,15-18H2,1-3H3/b10-7+. The molecule has 2 aromatic rings. The van der Waals surface area contributed by atoms with Gasteiger partial charge in [-0.2, -0.15) is 0 Å². The lowest BCUT2D eigenvalue weighted by atomic mass is 9.98. The van der Waals surface area contributed by atoms with Crippen LogP contribution in [0.4, 0.5) is 0 Å². The second-order valence-corrected chi connectivity index (χ2v) is 9.27. The van der Waals surface area contributed by atoms with E-state index in [4.69, 9.17) is 14.2 Å². The van der Waals surface area contributed by atoms with Gasteiger partial charge in [-0.1, -0.05) is 12.1 Å². The number of ketones is 1. The van der Waals surface area contributed by atoms with Crippen LogP contribution in [-0.2, 0) is 0 Å². The fourth-order valence-corrected chi connectivity index (χ4v) is 4.29. The van der Waals surface area contributed by atoms with Crippen molar-refractivity contribution in [3.63, 3.8) is 0 Å². The predicted molar refractivity (Wildman–Crippen MR) is 134 cm³/mol. The number of carbonyl (C=O) groups is 1. The molecule has 0 amide bonds. The fraction of sp³-hybridized carbons (Fsp3) is 0.393. The number of benzene rings is 2. The number of hydrogen-bond acceptors (Lipinski definition) is 6. The van der Waals surface area contributed by atoms with Crippen LogP contribution in [0, 0.1) is 0 Å². The number of methoxy groups -OCH3 is 1. The van der Waals surface area contributed by atoms with E-state index in [1.54, 1.807) is 31.4 Å². The lowest BCUT2D eigenvalue weighted by molar-refractivity contribution is 0.104. The minimum Gasteiger partial charge on any atom is -0.506 e. The molecule has 2 heterocycles. The maximum Gasteiger partial charge on any atom is 0.189 e. The van der Waals surface area contributed by atoms with E-state index >= 15 is 0 Å². The summed E-state index contributed by atoms with van der Waals surface area (Å²) in [5.41, 5.74) is 1.10. The first-order chi connectivity index (χ1) is 16.4. The minimum absolute atomic E-state index is 0.0749. The van der Waals surface area contributed by atoms with E-state index in [-0.39, 0.29) is 17.1 Å². The van der Waals surface area contributed by atoms with E-state index in [1.165, 1.54) is 32.0 Å². The zero-order valence-electron chi connectivity index (χ0n) is 20.2. The van der Waals surface area contributed by atoms with E-state index < -0.39 is 5.60 Å². The number of rotatable bonds is 9. The van der Waals surface area contributed by atoms with Crippen molar-refractivity contribution in [3.05, 3.63) is 59.2 Å². The summed E-state index contributed by atoms with van der Waals surface area (Å²) in [7, 11) is 1.60. The van der Waals surface area contributed by atoms with Crippen LogP contribution in [0.25, 0.3) is 12.2 Å². The second-order valence-electron chi connectivity index (χ2n) is 9.27. The zero-order valence-corrected chi connectivity index (χ0v) is 20.2. The highest BCUT2D eigenvalue weighted by atomic mass is 16.5. The predicted octanol–water partition coefficient (Wildman–Crippen LogP) is 5.35. The molecular weight excluding hydrogens is 430 g/mol. The topological polar surface area (TPSA) is 68.2 Å². The Labute approximate surface area is 201 Å². The Morgan fingerprint density at radius 2 is 1.97 bits per heavy atom. The van der Waals surface area contributed by atoms with Gasteiger partial charge >= 0.3 is 0 Å². The number of likely N-dealkylation sites (tertiary alicyclic amines) is 1. The van der Waals surface area contributed by atoms with Crippen molar-refractivity contribution in [2.75, 3.05) is 33.4 Å². The third-order valence-corrected chi connectivity index (χ3v) is 6.16. The molecule has 1 saturated heterocycles. The molecule has 0 aliphatic carbocycles. The van der Waals surface area contributed by atoms with Crippen LogP contribution in [0.1, 0.15) is 54.6 Å². The number of hydrogen-bond donors (Lipinski definition) is 1. The molecule has 2 aliphatic rings. The minimum atomic E-state index is -0.451. The molecule has 6 nitrogen and oxygen atoms in total. The summed E-state index contributed by atoms with van der Waals surface area (Å²) in [5, 5.41) is 10.6. The number of phenols is 1. The number of ether oxygens (including phenoxy) is 3. The Balaban J connectivity index is 1.39. The van der Waals surface area contributed by atoms with E-state index in [0.717, 1.165) is 18.5 Å². The quantitative estimate of drug-likeness (QED) is 0.307. The molecule has 1 N–H and O–H groups in total. The van der Waals surface area contributed by atoms with Crippen molar-refractivity contribution in [3.8, 4) is 23.0 Å². The number of aromatic hydroxyl groups is 1. The van der Waals surface area contributed by atoms with Crippen LogP contribution >= 0.6 is 0 Å². The molecule has 0 bridgehead atoms. The van der Waals surface area contributed by atoms with Crippen LogP contribution in [0.15, 0.2) is 42.5 Å². The Bertz CT molecular complexity index is 1100. The van der Waals surface area contributed by atoms with Gasteiger partial charge in [-0.25, -0.2) is 0 Å². The van der Waals surface area contributed by atoms with E-state index in [1.807, 2.05) is 38.1 Å². The van der Waals surface area contributed by atoms with Crippen molar-refractivity contribution in [2.45, 2.75) is 38.7 Å². The highest BCUT2D eigenvalue weighted by molar-refractivity contribution is 6.09. The Morgan fingerprint density at radius 3 is 2.74 bits per heavy atom. The highest BCUT2D eigenvalue weighted by Gasteiger charge is 2.25. The molecule has 0 radical (unpaired) electrons. The summed E-state index contributed by atoms with van der Waals surface area (Å²) in [6.07, 6.45) is 10.4. The van der Waals surface area contributed by atoms with Crippen LogP contribution < -0.4 is 14.2 Å². The van der Waals surface area contributed by atoms with Crippen LogP contribution in [0.5, 0.6) is 23.0 Å². The molecule has 2 aromatic carbocycles. The Kier molecular flexibility index (Phi) is 7.27. The molecule has 180 valence electrons. The number of nitrogens with zero attached hydrogens (tertiary/aromatic N) is 1. The van der Waals surface area contributed by atoms with E-state index in [2.05, 4.69) is 4.90 Å². The SMILES string of the molecule is COc1cc(/C=C/C(=O)c2ccc3c(c2O)C=CC(C)(C)O3)ccc1OCCCN1CCCC1. The Hall–Kier alpha value is -3.25. The number of allylic oxidation sites excluding steroid dienone is 1. The molecule has 34 heavy (non-hydrogen) atoms. The van der Waals surface area contributed by atoms with Crippen molar-refractivity contribution in [2.24, 2.45) is 0 Å². The van der Waals surface area contributed by atoms with Gasteiger partial charge in [-0.15, -0.1) is 0 Å². The van der Waals surface area contributed by atoms with Gasteiger partial charge < -0.3 is 24.2 Å². The molecule has 0 atom stereocenters. The first-order valence-corrected chi connectivity index (χ1v) is 11.9. The second kappa shape index (κ2) is 10.3. The molecule has 0 spiro atoms. The van der Waals surface area contributed by atoms with Crippen molar-refractivity contribution in [1.29, 1.82) is 0 Å². The smallest absolute Gasteiger partial charge is 0.189 e. The molecule has 6 heteroatoms. The van der Waals surface area contributed by atoms with Gasteiger partial charge in [0.2, 0.25) is 0 Å². The summed E-state index contributed by atoms with van der Waals surface area (Å²) < 4.78 is 17.3. The molecule has 2 aliphatic heterocycles. The third-order valence-electron chi connectivity index (χ3n) is 6.16. The number of fused-ring (bicyclic) bond motifs is 1. The number of carbonyl (C=O) groups excluding carboxylic acids is 1. The first-order valence-electron chi connectivity index (χ1n) is 11.9. The summed E-state index contributed by atoms with van der Waals surface area (Å²) >= 11 is 0. The van der Waals surface area contributed by atoms with Gasteiger partial charge in [-0.05, 0) is 94.3 Å². The van der Waals surface area contributed by atoms with Gasteiger partial charge in [0.25, 0.3) is 0 Å². The molecular formula is C28H33NO5. The number of phenolic OH excluding ortho intramolecular Hbond substituents is 1. The van der Waals surface area contributed by atoms with Gasteiger partial charge in [0.15, 0.2) is 17.3 Å². The van der Waals surface area contributed by atoms with Crippen molar-refractivity contribution < 1.29 is 24.1 Å². The fourth-order valence-electron chi connectivity index (χ4n) is 4.29. The molecule has 0 aromatic heterocycles. The highest BCUT2D eigenvalue weighted by Crippen LogP contribution is 2.38. The lowest BCUT2D eigenvalue weighted by Crippen LogP contribution is -2.27.